The molecule has 0 N–H and O–H groups in total. The average molecular weight is 426 g/mol. The van der Waals surface area contributed by atoms with Gasteiger partial charge in [-0.1, -0.05) is 56.7 Å². The molecule has 2 aromatic heterocycles. The number of carbonyl (C=O) groups excluding carboxylic acids is 1. The fourth-order valence-electron chi connectivity index (χ4n) is 3.59. The molecule has 7 heteroatoms. The lowest BCUT2D eigenvalue weighted by atomic mass is 10.0. The van der Waals surface area contributed by atoms with Crippen LogP contribution in [0.3, 0.4) is 0 Å². The zero-order chi connectivity index (χ0) is 21.7. The van der Waals surface area contributed by atoms with Gasteiger partial charge in [-0.2, -0.15) is 4.98 Å². The minimum Gasteiger partial charge on any atom is -0.339 e. The number of rotatable bonds is 9. The van der Waals surface area contributed by atoms with E-state index in [9.17, 15) is 4.79 Å². The third kappa shape index (κ3) is 5.01. The van der Waals surface area contributed by atoms with Gasteiger partial charge in [0.05, 0.1) is 0 Å². The number of nitrogens with zero attached hydrogens (tertiary/aromatic N) is 5. The standard InChI is InChI=1S/C23H31N5OS/c1-6-18(7-2)14-27(8-3)21(29)20-12-10-9-11-19(20)15-30-23-25-22-24-16(4)13-17(5)28(22)26-23/h9-13,18H,6-8,14-15H2,1-5H3. The first-order valence-electron chi connectivity index (χ1n) is 10.7. The van der Waals surface area contributed by atoms with Gasteiger partial charge in [-0.15, -0.1) is 5.10 Å². The van der Waals surface area contributed by atoms with Crippen molar-refractivity contribution in [2.24, 2.45) is 5.92 Å². The lowest BCUT2D eigenvalue weighted by Gasteiger charge is -2.26. The van der Waals surface area contributed by atoms with Crippen LogP contribution in [-0.2, 0) is 5.75 Å². The van der Waals surface area contributed by atoms with E-state index in [1.54, 1.807) is 4.52 Å². The molecule has 0 aliphatic rings. The highest BCUT2D eigenvalue weighted by molar-refractivity contribution is 7.98. The second-order valence-electron chi connectivity index (χ2n) is 7.62. The van der Waals surface area contributed by atoms with Crippen molar-refractivity contribution >= 4 is 23.4 Å². The first-order chi connectivity index (χ1) is 14.5. The van der Waals surface area contributed by atoms with Crippen molar-refractivity contribution in [3.8, 4) is 0 Å². The molecule has 0 saturated heterocycles. The second-order valence-corrected chi connectivity index (χ2v) is 8.56. The van der Waals surface area contributed by atoms with Crippen molar-refractivity contribution < 1.29 is 4.79 Å². The normalized spacial score (nSPS) is 11.4. The molecule has 30 heavy (non-hydrogen) atoms. The maximum atomic E-state index is 13.3. The van der Waals surface area contributed by atoms with Crippen LogP contribution in [-0.4, -0.2) is 43.5 Å². The van der Waals surface area contributed by atoms with Gasteiger partial charge in [0.2, 0.25) is 5.16 Å². The van der Waals surface area contributed by atoms with Crippen LogP contribution < -0.4 is 0 Å². The van der Waals surface area contributed by atoms with Crippen molar-refractivity contribution in [2.75, 3.05) is 13.1 Å². The summed E-state index contributed by atoms with van der Waals surface area (Å²) in [4.78, 5) is 24.2. The fraction of sp³-hybridized carbons (Fsp3) is 0.478. The van der Waals surface area contributed by atoms with Gasteiger partial charge >= 0.3 is 0 Å². The Labute approximate surface area is 183 Å². The number of aryl methyl sites for hydroxylation is 2. The predicted molar refractivity (Wildman–Crippen MR) is 122 cm³/mol. The van der Waals surface area contributed by atoms with E-state index < -0.39 is 0 Å². The smallest absolute Gasteiger partial charge is 0.254 e. The van der Waals surface area contributed by atoms with Crippen molar-refractivity contribution in [1.29, 1.82) is 0 Å². The van der Waals surface area contributed by atoms with E-state index in [0.29, 0.717) is 22.6 Å². The summed E-state index contributed by atoms with van der Waals surface area (Å²) >= 11 is 1.53. The molecule has 0 aliphatic carbocycles. The molecule has 2 heterocycles. The van der Waals surface area contributed by atoms with Crippen LogP contribution in [0.4, 0.5) is 0 Å². The number of amides is 1. The highest BCUT2D eigenvalue weighted by Gasteiger charge is 2.20. The first-order valence-corrected chi connectivity index (χ1v) is 11.7. The first kappa shape index (κ1) is 22.3. The molecule has 3 aromatic rings. The van der Waals surface area contributed by atoms with Gasteiger partial charge in [0.25, 0.3) is 11.7 Å². The summed E-state index contributed by atoms with van der Waals surface area (Å²) < 4.78 is 1.76. The highest BCUT2D eigenvalue weighted by Crippen LogP contribution is 2.24. The van der Waals surface area contributed by atoms with Crippen LogP contribution in [0.25, 0.3) is 5.78 Å². The Morgan fingerprint density at radius 3 is 2.57 bits per heavy atom. The van der Waals surface area contributed by atoms with Gasteiger partial charge in [-0.25, -0.2) is 9.50 Å². The molecule has 0 radical (unpaired) electrons. The van der Waals surface area contributed by atoms with E-state index in [1.807, 2.05) is 49.1 Å². The number of fused-ring (bicyclic) bond motifs is 1. The summed E-state index contributed by atoms with van der Waals surface area (Å²) in [6, 6.07) is 9.86. The minimum absolute atomic E-state index is 0.108. The van der Waals surface area contributed by atoms with Gasteiger partial charge in [-0.3, -0.25) is 4.79 Å². The average Bonchev–Trinajstić information content (AvgIpc) is 3.16. The van der Waals surface area contributed by atoms with Crippen molar-refractivity contribution in [1.82, 2.24) is 24.5 Å². The maximum absolute atomic E-state index is 13.3. The molecule has 6 nitrogen and oxygen atoms in total. The molecule has 160 valence electrons. The second kappa shape index (κ2) is 10.1. The molecule has 0 aliphatic heterocycles. The Balaban J connectivity index is 1.78. The quantitative estimate of drug-likeness (QED) is 0.455. The summed E-state index contributed by atoms with van der Waals surface area (Å²) in [7, 11) is 0. The molecule has 0 saturated carbocycles. The molecule has 1 amide bonds. The molecular formula is C23H31N5OS. The number of benzene rings is 1. The summed E-state index contributed by atoms with van der Waals surface area (Å²) in [5, 5.41) is 5.24. The Hall–Kier alpha value is -2.41. The van der Waals surface area contributed by atoms with E-state index in [0.717, 1.165) is 48.4 Å². The molecule has 0 unspecified atom stereocenters. The molecule has 0 atom stereocenters. The maximum Gasteiger partial charge on any atom is 0.254 e. The number of hydrogen-bond donors (Lipinski definition) is 0. The molecule has 0 bridgehead atoms. The van der Waals surface area contributed by atoms with Crippen LogP contribution in [0.1, 0.15) is 60.9 Å². The van der Waals surface area contributed by atoms with Crippen LogP contribution in [0.15, 0.2) is 35.5 Å². The van der Waals surface area contributed by atoms with Gasteiger partial charge in [0, 0.05) is 35.8 Å². The fourth-order valence-corrected chi connectivity index (χ4v) is 4.41. The van der Waals surface area contributed by atoms with Crippen molar-refractivity contribution in [3.63, 3.8) is 0 Å². The predicted octanol–water partition coefficient (Wildman–Crippen LogP) is 4.93. The van der Waals surface area contributed by atoms with E-state index in [2.05, 4.69) is 35.8 Å². The highest BCUT2D eigenvalue weighted by atomic mass is 32.2. The largest absolute Gasteiger partial charge is 0.339 e. The van der Waals surface area contributed by atoms with E-state index in [-0.39, 0.29) is 5.91 Å². The van der Waals surface area contributed by atoms with E-state index in [1.165, 1.54) is 11.8 Å². The Kier molecular flexibility index (Phi) is 7.48. The number of thioether (sulfide) groups is 1. The third-order valence-electron chi connectivity index (χ3n) is 5.51. The van der Waals surface area contributed by atoms with Crippen LogP contribution in [0.5, 0.6) is 0 Å². The molecule has 1 aromatic carbocycles. The topological polar surface area (TPSA) is 63.4 Å². The molecule has 3 rings (SSSR count). The number of aromatic nitrogens is 4. The monoisotopic (exact) mass is 425 g/mol. The summed E-state index contributed by atoms with van der Waals surface area (Å²) in [5.74, 6) is 1.90. The Morgan fingerprint density at radius 2 is 1.87 bits per heavy atom. The van der Waals surface area contributed by atoms with Crippen LogP contribution in [0, 0.1) is 19.8 Å². The minimum atomic E-state index is 0.108. The number of carbonyl (C=O) groups is 1. The zero-order valence-corrected chi connectivity index (χ0v) is 19.4. The van der Waals surface area contributed by atoms with Gasteiger partial charge in [0.1, 0.15) is 0 Å². The number of hydrogen-bond acceptors (Lipinski definition) is 5. The van der Waals surface area contributed by atoms with Gasteiger partial charge < -0.3 is 4.90 Å². The Morgan fingerprint density at radius 1 is 1.13 bits per heavy atom. The van der Waals surface area contributed by atoms with Gasteiger partial charge in [0.15, 0.2) is 0 Å². The van der Waals surface area contributed by atoms with Crippen molar-refractivity contribution in [3.05, 3.63) is 52.8 Å². The van der Waals surface area contributed by atoms with Crippen LogP contribution in [0.2, 0.25) is 0 Å². The van der Waals surface area contributed by atoms with E-state index in [4.69, 9.17) is 0 Å². The summed E-state index contributed by atoms with van der Waals surface area (Å²) in [5.41, 5.74) is 3.71. The van der Waals surface area contributed by atoms with Crippen LogP contribution >= 0.6 is 11.8 Å². The molecule has 0 spiro atoms. The molecular weight excluding hydrogens is 394 g/mol. The third-order valence-corrected chi connectivity index (χ3v) is 6.39. The zero-order valence-electron chi connectivity index (χ0n) is 18.6. The molecule has 0 fully saturated rings. The van der Waals surface area contributed by atoms with Gasteiger partial charge in [-0.05, 0) is 44.4 Å². The summed E-state index contributed by atoms with van der Waals surface area (Å²) in [6.07, 6.45) is 2.18. The van der Waals surface area contributed by atoms with E-state index >= 15 is 0 Å². The summed E-state index contributed by atoms with van der Waals surface area (Å²) in [6.45, 7) is 11.9. The lowest BCUT2D eigenvalue weighted by Crippen LogP contribution is -2.35. The lowest BCUT2D eigenvalue weighted by molar-refractivity contribution is 0.0734. The SMILES string of the molecule is CCC(CC)CN(CC)C(=O)c1ccccc1CSc1nc2nc(C)cc(C)n2n1. The van der Waals surface area contributed by atoms with Crippen molar-refractivity contribution in [2.45, 2.75) is 58.4 Å². The Bertz CT molecular complexity index is 1010.